The van der Waals surface area contributed by atoms with Crippen LogP contribution in [0.2, 0.25) is 0 Å². The molecule has 242 valence electrons. The summed E-state index contributed by atoms with van der Waals surface area (Å²) in [4.78, 5) is 84.7. The first kappa shape index (κ1) is 36.0. The van der Waals surface area contributed by atoms with E-state index in [1.807, 2.05) is 0 Å². The number of nitrogens with one attached hydrogen (secondary N) is 1. The Bertz CT molecular complexity index is 1220. The third-order valence-electron chi connectivity index (χ3n) is 5.89. The molecule has 1 saturated heterocycles. The molecule has 1 aliphatic rings. The minimum absolute atomic E-state index is 0.386. The van der Waals surface area contributed by atoms with Crippen LogP contribution in [0.25, 0.3) is 0 Å². The average Bonchev–Trinajstić information content (AvgIpc) is 2.93. The van der Waals surface area contributed by atoms with Crippen molar-refractivity contribution >= 4 is 53.5 Å². The molecule has 15 nitrogen and oxygen atoms in total. The van der Waals surface area contributed by atoms with Gasteiger partial charge in [-0.25, -0.2) is 4.79 Å². The van der Waals surface area contributed by atoms with Crippen molar-refractivity contribution in [2.45, 2.75) is 81.3 Å². The molecule has 0 radical (unpaired) electrons. The first-order chi connectivity index (χ1) is 20.7. The maximum absolute atomic E-state index is 13.5. The molecule has 0 aromatic heterocycles. The van der Waals surface area contributed by atoms with Crippen LogP contribution < -0.4 is 5.32 Å². The van der Waals surface area contributed by atoms with Gasteiger partial charge in [-0.1, -0.05) is 30.0 Å². The van der Waals surface area contributed by atoms with Crippen molar-refractivity contribution < 1.29 is 66.7 Å². The van der Waals surface area contributed by atoms with Crippen molar-refractivity contribution in [1.29, 1.82) is 0 Å². The second kappa shape index (κ2) is 16.6. The van der Waals surface area contributed by atoms with Gasteiger partial charge in [0.25, 0.3) is 5.91 Å². The maximum atomic E-state index is 13.5. The highest BCUT2D eigenvalue weighted by atomic mass is 32.2. The van der Waals surface area contributed by atoms with Gasteiger partial charge in [0, 0.05) is 45.9 Å². The van der Waals surface area contributed by atoms with E-state index in [0.29, 0.717) is 4.90 Å². The Morgan fingerprint density at radius 2 is 1.50 bits per heavy atom. The lowest BCUT2D eigenvalue weighted by Gasteiger charge is -2.48. The molecule has 1 N–H and O–H groups in total. The average molecular weight is 642 g/mol. The number of hydrogen-bond acceptors (Lipinski definition) is 15. The number of thioether (sulfide) groups is 1. The number of ether oxygens (including phenoxy) is 7. The predicted octanol–water partition coefficient (Wildman–Crippen LogP) is 0.843. The fourth-order valence-corrected chi connectivity index (χ4v) is 5.59. The monoisotopic (exact) mass is 641 g/mol. The molecule has 16 heteroatoms. The third-order valence-corrected chi connectivity index (χ3v) is 7.15. The molecule has 2 rings (SSSR count). The van der Waals surface area contributed by atoms with Crippen molar-refractivity contribution in [3.63, 3.8) is 0 Å². The highest BCUT2D eigenvalue weighted by Gasteiger charge is 2.59. The normalized spacial score (nSPS) is 22.3. The Morgan fingerprint density at radius 3 is 2.02 bits per heavy atom. The zero-order valence-electron chi connectivity index (χ0n) is 25.0. The molecule has 1 fully saturated rings. The van der Waals surface area contributed by atoms with Gasteiger partial charge >= 0.3 is 35.8 Å². The van der Waals surface area contributed by atoms with Gasteiger partial charge in [-0.05, 0) is 12.1 Å². The Kier molecular flexibility index (Phi) is 13.6. The van der Waals surface area contributed by atoms with Crippen molar-refractivity contribution in [3.8, 4) is 0 Å². The third kappa shape index (κ3) is 10.8. The lowest BCUT2D eigenvalue weighted by atomic mass is 9.89. The molecule has 1 aliphatic heterocycles. The fraction of sp³-hybridized carbons (Fsp3) is 0.536. The second-order valence-electron chi connectivity index (χ2n) is 9.49. The van der Waals surface area contributed by atoms with Crippen molar-refractivity contribution in [3.05, 3.63) is 30.3 Å². The number of hydrogen-bond donors (Lipinski definition) is 1. The van der Waals surface area contributed by atoms with Gasteiger partial charge in [0.05, 0.1) is 13.2 Å². The van der Waals surface area contributed by atoms with Crippen LogP contribution >= 0.6 is 11.8 Å². The first-order valence-corrected chi connectivity index (χ1v) is 14.1. The topological polar surface area (TPSA) is 196 Å². The van der Waals surface area contributed by atoms with Crippen LogP contribution in [-0.2, 0) is 66.7 Å². The van der Waals surface area contributed by atoms with Crippen LogP contribution in [0.5, 0.6) is 0 Å². The summed E-state index contributed by atoms with van der Waals surface area (Å²) in [5, 5.41) is 2.55. The van der Waals surface area contributed by atoms with E-state index in [1.54, 1.807) is 30.3 Å². The molecule has 6 atom stereocenters. The minimum Gasteiger partial charge on any atom is -0.466 e. The van der Waals surface area contributed by atoms with Gasteiger partial charge < -0.3 is 38.5 Å². The SMILES string of the molecule is COC(=O)[C@]1(Sc2ccccc2)C[C@H](OC(C)=O)[C@@H](NC(=O)COC(C)=O)[C@H]([C@H](OC(C)=O)[C@@H](COC(C)=O)OC(C)=O)O1. The lowest BCUT2D eigenvalue weighted by molar-refractivity contribution is -0.224. The summed E-state index contributed by atoms with van der Waals surface area (Å²) in [5.41, 5.74) is 0. The molecular formula is C28H35NO14S. The van der Waals surface area contributed by atoms with Gasteiger partial charge in [0.15, 0.2) is 18.8 Å². The molecular weight excluding hydrogens is 606 g/mol. The molecule has 0 bridgehead atoms. The number of amides is 1. The lowest BCUT2D eigenvalue weighted by Crippen LogP contribution is -2.68. The number of rotatable bonds is 13. The van der Waals surface area contributed by atoms with E-state index < -0.39 is 90.3 Å². The van der Waals surface area contributed by atoms with Gasteiger partial charge in [-0.2, -0.15) is 0 Å². The van der Waals surface area contributed by atoms with Gasteiger partial charge in [-0.15, -0.1) is 0 Å². The van der Waals surface area contributed by atoms with E-state index >= 15 is 0 Å². The van der Waals surface area contributed by atoms with E-state index in [2.05, 4.69) is 5.32 Å². The molecule has 44 heavy (non-hydrogen) atoms. The molecule has 1 amide bonds. The molecule has 1 aromatic rings. The largest absolute Gasteiger partial charge is 0.466 e. The Labute approximate surface area is 257 Å². The Hall–Kier alpha value is -4.18. The molecule has 0 saturated carbocycles. The summed E-state index contributed by atoms with van der Waals surface area (Å²) in [6, 6.07) is 7.08. The minimum atomic E-state index is -1.99. The summed E-state index contributed by atoms with van der Waals surface area (Å²) in [6.07, 6.45) is -6.58. The summed E-state index contributed by atoms with van der Waals surface area (Å²) in [6.45, 7) is 3.99. The van der Waals surface area contributed by atoms with E-state index in [4.69, 9.17) is 33.2 Å². The zero-order chi connectivity index (χ0) is 33.0. The van der Waals surface area contributed by atoms with Gasteiger partial charge in [-0.3, -0.25) is 28.8 Å². The molecule has 0 spiro atoms. The summed E-state index contributed by atoms with van der Waals surface area (Å²) in [7, 11) is 1.10. The number of carbonyl (C=O) groups excluding carboxylic acids is 7. The highest BCUT2D eigenvalue weighted by Crippen LogP contribution is 2.45. The number of benzene rings is 1. The van der Waals surface area contributed by atoms with Crippen LogP contribution in [0, 0.1) is 0 Å². The van der Waals surface area contributed by atoms with Crippen LogP contribution in [-0.4, -0.2) is 97.4 Å². The van der Waals surface area contributed by atoms with E-state index in [9.17, 15) is 33.6 Å². The van der Waals surface area contributed by atoms with E-state index in [-0.39, 0.29) is 6.42 Å². The zero-order valence-corrected chi connectivity index (χ0v) is 25.8. The van der Waals surface area contributed by atoms with Crippen LogP contribution in [0.1, 0.15) is 41.0 Å². The highest BCUT2D eigenvalue weighted by molar-refractivity contribution is 8.01. The van der Waals surface area contributed by atoms with Crippen molar-refractivity contribution in [2.24, 2.45) is 0 Å². The predicted molar refractivity (Wildman–Crippen MR) is 148 cm³/mol. The number of methoxy groups -OCH3 is 1. The van der Waals surface area contributed by atoms with Gasteiger partial charge in [0.1, 0.15) is 18.8 Å². The van der Waals surface area contributed by atoms with Crippen LogP contribution in [0.15, 0.2) is 35.2 Å². The molecule has 0 unspecified atom stereocenters. The maximum Gasteiger partial charge on any atom is 0.349 e. The summed E-state index contributed by atoms with van der Waals surface area (Å²) in [5.74, 6) is -5.89. The Balaban J connectivity index is 2.78. The van der Waals surface area contributed by atoms with E-state index in [1.165, 1.54) is 0 Å². The van der Waals surface area contributed by atoms with Crippen LogP contribution in [0.4, 0.5) is 0 Å². The Morgan fingerprint density at radius 1 is 0.886 bits per heavy atom. The van der Waals surface area contributed by atoms with Crippen molar-refractivity contribution in [1.82, 2.24) is 5.32 Å². The quantitative estimate of drug-likeness (QED) is 0.235. The standard InChI is InChI=1S/C28H35NO14S/c1-15(30)38-13-22(41-18(4)33)25(42-19(5)34)26-24(29-23(35)14-39-16(2)31)21(40-17(3)32)12-28(43-26,27(36)37-6)44-20-10-8-7-9-11-20/h7-11,21-22,24-26H,12-14H2,1-6H3,(H,29,35)/t21-,22+,24+,25+,26+,28+/m0/s1. The first-order valence-electron chi connectivity index (χ1n) is 13.3. The molecule has 1 aromatic carbocycles. The molecule has 0 aliphatic carbocycles. The number of esters is 6. The van der Waals surface area contributed by atoms with E-state index in [0.717, 1.165) is 53.5 Å². The van der Waals surface area contributed by atoms with Crippen molar-refractivity contribution in [2.75, 3.05) is 20.3 Å². The van der Waals surface area contributed by atoms with Crippen LogP contribution in [0.3, 0.4) is 0 Å². The van der Waals surface area contributed by atoms with Gasteiger partial charge in [0.2, 0.25) is 4.93 Å². The molecule has 1 heterocycles. The number of carbonyl (C=O) groups is 7. The smallest absolute Gasteiger partial charge is 0.349 e. The second-order valence-corrected chi connectivity index (χ2v) is 10.8. The fourth-order valence-electron chi connectivity index (χ4n) is 4.34. The summed E-state index contributed by atoms with van der Waals surface area (Å²) >= 11 is 0.891. The summed E-state index contributed by atoms with van der Waals surface area (Å²) < 4.78 is 37.7.